The van der Waals surface area contributed by atoms with Crippen LogP contribution in [0.3, 0.4) is 0 Å². The van der Waals surface area contributed by atoms with Crippen molar-refractivity contribution < 1.29 is 10.0 Å². The number of benzene rings is 2. The van der Waals surface area contributed by atoms with Gasteiger partial charge in [-0.15, -0.1) is 0 Å². The van der Waals surface area contributed by atoms with E-state index in [4.69, 9.17) is 10.0 Å². The van der Waals surface area contributed by atoms with Gasteiger partial charge in [-0.05, 0) is 36.1 Å². The summed E-state index contributed by atoms with van der Waals surface area (Å²) in [7, 11) is 0.690. The third kappa shape index (κ3) is 3.94. The lowest BCUT2D eigenvalue weighted by atomic mass is 9.80. The van der Waals surface area contributed by atoms with Gasteiger partial charge < -0.3 is 10.0 Å². The maximum absolute atomic E-state index is 9.07. The van der Waals surface area contributed by atoms with Crippen molar-refractivity contribution in [1.29, 1.82) is 0 Å². The zero-order chi connectivity index (χ0) is 14.5. The van der Waals surface area contributed by atoms with E-state index >= 15 is 0 Å². The first-order valence-electron chi connectivity index (χ1n) is 6.74. The first-order chi connectivity index (χ1) is 9.56. The van der Waals surface area contributed by atoms with Gasteiger partial charge in [-0.2, -0.15) is 0 Å². The van der Waals surface area contributed by atoms with Gasteiger partial charge in [-0.25, -0.2) is 0 Å². The Morgan fingerprint density at radius 1 is 0.950 bits per heavy atom. The fourth-order valence-electron chi connectivity index (χ4n) is 2.24. The van der Waals surface area contributed by atoms with Gasteiger partial charge in [-0.1, -0.05) is 48.5 Å². The molecule has 0 aromatic heterocycles. The van der Waals surface area contributed by atoms with Gasteiger partial charge in [0, 0.05) is 13.1 Å². The van der Waals surface area contributed by atoms with Crippen LogP contribution in [-0.2, 0) is 13.1 Å². The fourth-order valence-corrected chi connectivity index (χ4v) is 2.24. The Balaban J connectivity index is 1.97. The normalized spacial score (nSPS) is 10.8. The summed E-state index contributed by atoms with van der Waals surface area (Å²) in [4.78, 5) is 2.24. The molecule has 0 aliphatic carbocycles. The van der Waals surface area contributed by atoms with E-state index in [9.17, 15) is 0 Å². The lowest BCUT2D eigenvalue weighted by Crippen LogP contribution is -2.29. The first-order valence-corrected chi connectivity index (χ1v) is 6.74. The van der Waals surface area contributed by atoms with Crippen LogP contribution < -0.4 is 5.46 Å². The summed E-state index contributed by atoms with van der Waals surface area (Å²) in [6, 6.07) is 15.8. The molecule has 2 rings (SSSR count). The highest BCUT2D eigenvalue weighted by Crippen LogP contribution is 2.11. The molecule has 104 valence electrons. The Bertz CT molecular complexity index is 555. The second kappa shape index (κ2) is 6.70. The number of nitrogens with zero attached hydrogens (tertiary/aromatic N) is 1. The molecule has 0 fully saturated rings. The molecule has 0 aliphatic rings. The highest BCUT2D eigenvalue weighted by atomic mass is 16.4. The maximum Gasteiger partial charge on any atom is 0.488 e. The van der Waals surface area contributed by atoms with E-state index in [0.29, 0.717) is 5.46 Å². The predicted octanol–water partition coefficient (Wildman–Crippen LogP) is 1.31. The molecule has 0 saturated heterocycles. The lowest BCUT2D eigenvalue weighted by Gasteiger charge is -2.18. The van der Waals surface area contributed by atoms with Crippen LogP contribution in [0.4, 0.5) is 0 Å². The molecule has 0 saturated carbocycles. The summed E-state index contributed by atoms with van der Waals surface area (Å²) < 4.78 is 0. The SMILES string of the molecule is Cc1ccccc1CN(C)Cc1ccc(B(O)O)cc1. The Morgan fingerprint density at radius 2 is 1.60 bits per heavy atom. The average Bonchev–Trinajstić information content (AvgIpc) is 2.42. The monoisotopic (exact) mass is 269 g/mol. The van der Waals surface area contributed by atoms with Crippen molar-refractivity contribution in [2.24, 2.45) is 0 Å². The number of hydrogen-bond acceptors (Lipinski definition) is 3. The zero-order valence-corrected chi connectivity index (χ0v) is 12.0. The molecule has 0 spiro atoms. The molecule has 3 nitrogen and oxygen atoms in total. The quantitative estimate of drug-likeness (QED) is 0.804. The van der Waals surface area contributed by atoms with E-state index in [1.807, 2.05) is 12.1 Å². The van der Waals surface area contributed by atoms with Crippen LogP contribution >= 0.6 is 0 Å². The van der Waals surface area contributed by atoms with Crippen molar-refractivity contribution in [3.8, 4) is 0 Å². The van der Waals surface area contributed by atoms with E-state index in [-0.39, 0.29) is 0 Å². The number of aryl methyl sites for hydroxylation is 1. The van der Waals surface area contributed by atoms with Crippen LogP contribution in [-0.4, -0.2) is 29.1 Å². The van der Waals surface area contributed by atoms with Gasteiger partial charge in [0.1, 0.15) is 0 Å². The third-order valence-electron chi connectivity index (χ3n) is 3.43. The number of rotatable bonds is 5. The van der Waals surface area contributed by atoms with Gasteiger partial charge in [-0.3, -0.25) is 4.90 Å². The summed E-state index contributed by atoms with van der Waals surface area (Å²) in [6.45, 7) is 3.85. The van der Waals surface area contributed by atoms with E-state index < -0.39 is 7.12 Å². The van der Waals surface area contributed by atoms with E-state index in [1.165, 1.54) is 11.1 Å². The largest absolute Gasteiger partial charge is 0.488 e. The van der Waals surface area contributed by atoms with E-state index in [2.05, 4.69) is 43.1 Å². The van der Waals surface area contributed by atoms with Crippen LogP contribution in [0.2, 0.25) is 0 Å². The smallest absolute Gasteiger partial charge is 0.423 e. The molecule has 0 aliphatic heterocycles. The molecule has 4 heteroatoms. The Kier molecular flexibility index (Phi) is 4.96. The molecule has 2 aromatic carbocycles. The highest BCUT2D eigenvalue weighted by molar-refractivity contribution is 6.58. The van der Waals surface area contributed by atoms with Gasteiger partial charge in [0.15, 0.2) is 0 Å². The molecule has 0 heterocycles. The van der Waals surface area contributed by atoms with Crippen molar-refractivity contribution in [3.05, 3.63) is 65.2 Å². The molecular formula is C16H20BNO2. The Hall–Kier alpha value is -1.62. The minimum Gasteiger partial charge on any atom is -0.423 e. The van der Waals surface area contributed by atoms with Crippen molar-refractivity contribution in [3.63, 3.8) is 0 Å². The summed E-state index contributed by atoms with van der Waals surface area (Å²) in [5.74, 6) is 0. The summed E-state index contributed by atoms with van der Waals surface area (Å²) in [5, 5.41) is 18.1. The lowest BCUT2D eigenvalue weighted by molar-refractivity contribution is 0.318. The van der Waals surface area contributed by atoms with E-state index in [1.54, 1.807) is 12.1 Å². The van der Waals surface area contributed by atoms with E-state index in [0.717, 1.165) is 18.7 Å². The van der Waals surface area contributed by atoms with Crippen LogP contribution in [0.25, 0.3) is 0 Å². The fraction of sp³-hybridized carbons (Fsp3) is 0.250. The molecule has 0 amide bonds. The highest BCUT2D eigenvalue weighted by Gasteiger charge is 2.10. The maximum atomic E-state index is 9.07. The van der Waals surface area contributed by atoms with Crippen molar-refractivity contribution in [2.75, 3.05) is 7.05 Å². The molecule has 20 heavy (non-hydrogen) atoms. The van der Waals surface area contributed by atoms with Crippen LogP contribution in [0.5, 0.6) is 0 Å². The van der Waals surface area contributed by atoms with Gasteiger partial charge in [0.25, 0.3) is 0 Å². The third-order valence-corrected chi connectivity index (χ3v) is 3.43. The summed E-state index contributed by atoms with van der Waals surface area (Å²) in [6.07, 6.45) is 0. The first kappa shape index (κ1) is 14.8. The van der Waals surface area contributed by atoms with Crippen LogP contribution in [0.15, 0.2) is 48.5 Å². The molecule has 0 atom stereocenters. The van der Waals surface area contributed by atoms with Gasteiger partial charge in [0.05, 0.1) is 0 Å². The number of hydrogen-bond donors (Lipinski definition) is 2. The molecule has 0 bridgehead atoms. The molecule has 2 aromatic rings. The molecule has 0 unspecified atom stereocenters. The van der Waals surface area contributed by atoms with Crippen LogP contribution in [0.1, 0.15) is 16.7 Å². The van der Waals surface area contributed by atoms with Gasteiger partial charge in [0.2, 0.25) is 0 Å². The van der Waals surface area contributed by atoms with Crippen LogP contribution in [0, 0.1) is 6.92 Å². The molecule has 0 radical (unpaired) electrons. The second-order valence-electron chi connectivity index (χ2n) is 5.21. The summed E-state index contributed by atoms with van der Waals surface area (Å²) in [5.41, 5.74) is 4.32. The minimum atomic E-state index is -1.39. The minimum absolute atomic E-state index is 0.523. The van der Waals surface area contributed by atoms with Crippen molar-refractivity contribution in [2.45, 2.75) is 20.0 Å². The zero-order valence-electron chi connectivity index (χ0n) is 12.0. The summed E-state index contributed by atoms with van der Waals surface area (Å²) >= 11 is 0. The Morgan fingerprint density at radius 3 is 2.20 bits per heavy atom. The topological polar surface area (TPSA) is 43.7 Å². The molecule has 2 N–H and O–H groups in total. The van der Waals surface area contributed by atoms with Gasteiger partial charge >= 0.3 is 7.12 Å². The molecular weight excluding hydrogens is 249 g/mol. The Labute approximate surface area is 120 Å². The average molecular weight is 269 g/mol. The van der Waals surface area contributed by atoms with Crippen molar-refractivity contribution in [1.82, 2.24) is 4.90 Å². The van der Waals surface area contributed by atoms with Crippen molar-refractivity contribution >= 4 is 12.6 Å². The standard InChI is InChI=1S/C16H20BNO2/c1-13-5-3-4-6-15(13)12-18(2)11-14-7-9-16(10-8-14)17(19)20/h3-10,19-20H,11-12H2,1-2H3. The predicted molar refractivity (Wildman–Crippen MR) is 82.6 cm³/mol. The second-order valence-corrected chi connectivity index (χ2v) is 5.21.